The number of H-pyrrole nitrogens is 1. The lowest BCUT2D eigenvalue weighted by molar-refractivity contribution is -0.130. The summed E-state index contributed by atoms with van der Waals surface area (Å²) in [6, 6.07) is 0. The van der Waals surface area contributed by atoms with Crippen LogP contribution in [0.5, 0.6) is 0 Å². The van der Waals surface area contributed by atoms with Crippen LogP contribution >= 0.6 is 0 Å². The van der Waals surface area contributed by atoms with E-state index in [1.807, 2.05) is 13.8 Å². The third-order valence-corrected chi connectivity index (χ3v) is 2.01. The first-order valence-electron chi connectivity index (χ1n) is 4.53. The van der Waals surface area contributed by atoms with Crippen LogP contribution in [0, 0.1) is 0 Å². The molecule has 0 aliphatic carbocycles. The van der Waals surface area contributed by atoms with Gasteiger partial charge in [-0.3, -0.25) is 4.79 Å². The molecule has 1 N–H and O–H groups in total. The molecule has 13 heavy (non-hydrogen) atoms. The standard InChI is InChI=1S/C9H15N3O/c1-3-12(4-2)9(13)5-8-6-10-7-11-8/h6-7H,3-5H2,1-2H3,(H,10,11). The van der Waals surface area contributed by atoms with Crippen LogP contribution in [0.2, 0.25) is 0 Å². The molecular formula is C9H15N3O. The summed E-state index contributed by atoms with van der Waals surface area (Å²) in [4.78, 5) is 20.1. The maximum absolute atomic E-state index is 11.6. The van der Waals surface area contributed by atoms with Crippen molar-refractivity contribution in [2.75, 3.05) is 13.1 Å². The highest BCUT2D eigenvalue weighted by Crippen LogP contribution is 1.97. The first-order chi connectivity index (χ1) is 6.27. The molecule has 0 fully saturated rings. The van der Waals surface area contributed by atoms with Gasteiger partial charge in [0.15, 0.2) is 0 Å². The largest absolute Gasteiger partial charge is 0.348 e. The van der Waals surface area contributed by atoms with Crippen molar-refractivity contribution >= 4 is 5.91 Å². The maximum atomic E-state index is 11.6. The van der Waals surface area contributed by atoms with E-state index in [-0.39, 0.29) is 5.91 Å². The van der Waals surface area contributed by atoms with E-state index < -0.39 is 0 Å². The predicted octanol–water partition coefficient (Wildman–Crippen LogP) is 0.821. The molecule has 1 rings (SSSR count). The minimum absolute atomic E-state index is 0.147. The van der Waals surface area contributed by atoms with Crippen LogP contribution in [-0.2, 0) is 11.2 Å². The second-order valence-electron chi connectivity index (χ2n) is 2.82. The third kappa shape index (κ3) is 2.57. The molecule has 1 amide bonds. The number of carbonyl (C=O) groups is 1. The molecule has 72 valence electrons. The average molecular weight is 181 g/mol. The van der Waals surface area contributed by atoms with Crippen LogP contribution in [-0.4, -0.2) is 33.9 Å². The Balaban J connectivity index is 2.49. The number of aromatic nitrogens is 2. The topological polar surface area (TPSA) is 49.0 Å². The predicted molar refractivity (Wildman–Crippen MR) is 50.2 cm³/mol. The van der Waals surface area contributed by atoms with Gasteiger partial charge in [0.05, 0.1) is 12.7 Å². The Morgan fingerprint density at radius 2 is 2.23 bits per heavy atom. The maximum Gasteiger partial charge on any atom is 0.228 e. The number of likely N-dealkylation sites (N-methyl/N-ethyl adjacent to an activating group) is 1. The van der Waals surface area contributed by atoms with Crippen molar-refractivity contribution in [1.82, 2.24) is 14.9 Å². The van der Waals surface area contributed by atoms with E-state index in [9.17, 15) is 4.79 Å². The van der Waals surface area contributed by atoms with Crippen molar-refractivity contribution in [3.05, 3.63) is 18.2 Å². The fraction of sp³-hybridized carbons (Fsp3) is 0.556. The Labute approximate surface area is 78.0 Å². The SMILES string of the molecule is CCN(CC)C(=O)Cc1cnc[nH]1. The van der Waals surface area contributed by atoms with Crippen molar-refractivity contribution < 1.29 is 4.79 Å². The average Bonchev–Trinajstić information content (AvgIpc) is 2.59. The van der Waals surface area contributed by atoms with Gasteiger partial charge in [-0.25, -0.2) is 4.98 Å². The molecule has 0 saturated carbocycles. The van der Waals surface area contributed by atoms with Gasteiger partial charge in [0.25, 0.3) is 0 Å². The van der Waals surface area contributed by atoms with E-state index in [4.69, 9.17) is 0 Å². The molecule has 0 unspecified atom stereocenters. The number of imidazole rings is 1. The van der Waals surface area contributed by atoms with Crippen LogP contribution in [0.1, 0.15) is 19.5 Å². The lowest BCUT2D eigenvalue weighted by Crippen LogP contribution is -2.31. The molecule has 0 aromatic carbocycles. The van der Waals surface area contributed by atoms with Gasteiger partial charge in [-0.1, -0.05) is 0 Å². The molecule has 1 aromatic rings. The third-order valence-electron chi connectivity index (χ3n) is 2.01. The van der Waals surface area contributed by atoms with Crippen molar-refractivity contribution in [2.45, 2.75) is 20.3 Å². The number of nitrogens with zero attached hydrogens (tertiary/aromatic N) is 2. The number of amides is 1. The molecule has 1 heterocycles. The number of hydrogen-bond donors (Lipinski definition) is 1. The fourth-order valence-corrected chi connectivity index (χ4v) is 1.23. The number of carbonyl (C=O) groups excluding carboxylic acids is 1. The van der Waals surface area contributed by atoms with Gasteiger partial charge in [0, 0.05) is 25.0 Å². The molecule has 0 aliphatic rings. The van der Waals surface area contributed by atoms with Gasteiger partial charge in [-0.15, -0.1) is 0 Å². The summed E-state index contributed by atoms with van der Waals surface area (Å²) in [5.74, 6) is 0.147. The summed E-state index contributed by atoms with van der Waals surface area (Å²) in [6.45, 7) is 5.50. The quantitative estimate of drug-likeness (QED) is 0.747. The number of nitrogens with one attached hydrogen (secondary N) is 1. The summed E-state index contributed by atoms with van der Waals surface area (Å²) in [7, 11) is 0. The van der Waals surface area contributed by atoms with Crippen molar-refractivity contribution in [1.29, 1.82) is 0 Å². The molecule has 0 bridgehead atoms. The first-order valence-corrected chi connectivity index (χ1v) is 4.53. The van der Waals surface area contributed by atoms with Crippen molar-refractivity contribution in [2.24, 2.45) is 0 Å². The number of rotatable bonds is 4. The normalized spacial score (nSPS) is 10.0. The zero-order valence-electron chi connectivity index (χ0n) is 8.08. The van der Waals surface area contributed by atoms with E-state index in [0.29, 0.717) is 6.42 Å². The minimum Gasteiger partial charge on any atom is -0.348 e. The van der Waals surface area contributed by atoms with Gasteiger partial charge in [0.1, 0.15) is 0 Å². The Morgan fingerprint density at radius 1 is 1.54 bits per heavy atom. The van der Waals surface area contributed by atoms with Crippen molar-refractivity contribution in [3.63, 3.8) is 0 Å². The lowest BCUT2D eigenvalue weighted by atomic mass is 10.3. The highest BCUT2D eigenvalue weighted by Gasteiger charge is 2.10. The molecule has 1 aromatic heterocycles. The Kier molecular flexibility index (Phi) is 3.49. The zero-order valence-corrected chi connectivity index (χ0v) is 8.08. The Bertz CT molecular complexity index is 252. The Hall–Kier alpha value is -1.32. The van der Waals surface area contributed by atoms with Crippen LogP contribution in [0.4, 0.5) is 0 Å². The fourth-order valence-electron chi connectivity index (χ4n) is 1.23. The highest BCUT2D eigenvalue weighted by atomic mass is 16.2. The van der Waals surface area contributed by atoms with Gasteiger partial charge in [-0.2, -0.15) is 0 Å². The van der Waals surface area contributed by atoms with E-state index in [1.165, 1.54) is 0 Å². The van der Waals surface area contributed by atoms with E-state index in [2.05, 4.69) is 9.97 Å². The number of hydrogen-bond acceptors (Lipinski definition) is 2. The van der Waals surface area contributed by atoms with Gasteiger partial charge in [0.2, 0.25) is 5.91 Å². The summed E-state index contributed by atoms with van der Waals surface area (Å²) < 4.78 is 0. The summed E-state index contributed by atoms with van der Waals surface area (Å²) in [5, 5.41) is 0. The van der Waals surface area contributed by atoms with E-state index in [1.54, 1.807) is 17.4 Å². The monoisotopic (exact) mass is 181 g/mol. The summed E-state index contributed by atoms with van der Waals surface area (Å²) in [5.41, 5.74) is 0.872. The van der Waals surface area contributed by atoms with E-state index in [0.717, 1.165) is 18.8 Å². The van der Waals surface area contributed by atoms with E-state index >= 15 is 0 Å². The molecular weight excluding hydrogens is 166 g/mol. The molecule has 0 atom stereocenters. The number of aromatic amines is 1. The van der Waals surface area contributed by atoms with Gasteiger partial charge < -0.3 is 9.88 Å². The first kappa shape index (κ1) is 9.77. The smallest absolute Gasteiger partial charge is 0.228 e. The molecule has 4 nitrogen and oxygen atoms in total. The molecule has 0 saturated heterocycles. The van der Waals surface area contributed by atoms with Crippen LogP contribution in [0.15, 0.2) is 12.5 Å². The molecule has 0 aliphatic heterocycles. The second kappa shape index (κ2) is 4.64. The van der Waals surface area contributed by atoms with Crippen molar-refractivity contribution in [3.8, 4) is 0 Å². The van der Waals surface area contributed by atoms with Crippen LogP contribution < -0.4 is 0 Å². The van der Waals surface area contributed by atoms with Gasteiger partial charge >= 0.3 is 0 Å². The molecule has 4 heteroatoms. The molecule has 0 spiro atoms. The second-order valence-corrected chi connectivity index (χ2v) is 2.82. The van der Waals surface area contributed by atoms with Crippen LogP contribution in [0.25, 0.3) is 0 Å². The van der Waals surface area contributed by atoms with Crippen LogP contribution in [0.3, 0.4) is 0 Å². The minimum atomic E-state index is 0.147. The summed E-state index contributed by atoms with van der Waals surface area (Å²) in [6.07, 6.45) is 3.69. The lowest BCUT2D eigenvalue weighted by Gasteiger charge is -2.17. The molecule has 0 radical (unpaired) electrons. The Morgan fingerprint density at radius 3 is 2.69 bits per heavy atom. The van der Waals surface area contributed by atoms with Gasteiger partial charge in [-0.05, 0) is 13.8 Å². The summed E-state index contributed by atoms with van der Waals surface area (Å²) >= 11 is 0. The highest BCUT2D eigenvalue weighted by molar-refractivity contribution is 5.78. The zero-order chi connectivity index (χ0) is 9.68.